The van der Waals surface area contributed by atoms with Gasteiger partial charge in [0.15, 0.2) is 0 Å². The van der Waals surface area contributed by atoms with E-state index in [1.54, 1.807) is 0 Å². The van der Waals surface area contributed by atoms with Gasteiger partial charge in [-0.25, -0.2) is 0 Å². The van der Waals surface area contributed by atoms with Crippen LogP contribution in [0.3, 0.4) is 0 Å². The zero-order valence-corrected chi connectivity index (χ0v) is 12.3. The van der Waals surface area contributed by atoms with E-state index in [-0.39, 0.29) is 5.54 Å². The SMILES string of the molecule is CCN(CC1CCCO1)C1CCCC(C#N)(NC)C1. The molecule has 3 atom stereocenters. The molecule has 1 heterocycles. The highest BCUT2D eigenvalue weighted by Crippen LogP contribution is 2.31. The molecule has 4 nitrogen and oxygen atoms in total. The number of rotatable bonds is 5. The fraction of sp³-hybridized carbons (Fsp3) is 0.933. The summed E-state index contributed by atoms with van der Waals surface area (Å²) in [5, 5.41) is 12.7. The Morgan fingerprint density at radius 2 is 2.26 bits per heavy atom. The molecule has 1 N–H and O–H groups in total. The van der Waals surface area contributed by atoms with Crippen molar-refractivity contribution >= 4 is 0 Å². The molecule has 2 aliphatic rings. The van der Waals surface area contributed by atoms with Gasteiger partial charge in [-0.15, -0.1) is 0 Å². The van der Waals surface area contributed by atoms with Crippen molar-refractivity contribution in [2.45, 2.75) is 63.1 Å². The highest BCUT2D eigenvalue weighted by Gasteiger charge is 2.37. The molecule has 0 radical (unpaired) electrons. The Hall–Kier alpha value is -0.630. The molecule has 0 bridgehead atoms. The molecule has 0 spiro atoms. The molecule has 2 rings (SSSR count). The number of nitrogens with zero attached hydrogens (tertiary/aromatic N) is 2. The van der Waals surface area contributed by atoms with Crippen LogP contribution in [0.1, 0.15) is 45.4 Å². The van der Waals surface area contributed by atoms with Crippen molar-refractivity contribution in [1.29, 1.82) is 5.26 Å². The van der Waals surface area contributed by atoms with E-state index in [0.29, 0.717) is 12.1 Å². The summed E-state index contributed by atoms with van der Waals surface area (Å²) in [5.41, 5.74) is -0.313. The molecule has 1 aliphatic heterocycles. The second-order valence-corrected chi connectivity index (χ2v) is 5.92. The fourth-order valence-electron chi connectivity index (χ4n) is 3.53. The zero-order chi connectivity index (χ0) is 13.7. The van der Waals surface area contributed by atoms with Crippen molar-refractivity contribution in [3.8, 4) is 6.07 Å². The number of likely N-dealkylation sites (N-methyl/N-ethyl adjacent to an activating group) is 1. The smallest absolute Gasteiger partial charge is 0.108 e. The summed E-state index contributed by atoms with van der Waals surface area (Å²) < 4.78 is 5.76. The predicted octanol–water partition coefficient (Wildman–Crippen LogP) is 1.91. The molecule has 0 aromatic rings. The van der Waals surface area contributed by atoms with Crippen molar-refractivity contribution in [2.24, 2.45) is 0 Å². The Balaban J connectivity index is 1.95. The van der Waals surface area contributed by atoms with Gasteiger partial charge < -0.3 is 10.1 Å². The Labute approximate surface area is 117 Å². The number of nitriles is 1. The second-order valence-electron chi connectivity index (χ2n) is 5.92. The molecular formula is C15H27N3O. The van der Waals surface area contributed by atoms with Crippen molar-refractivity contribution in [1.82, 2.24) is 10.2 Å². The number of ether oxygens (including phenoxy) is 1. The monoisotopic (exact) mass is 265 g/mol. The molecule has 3 unspecified atom stereocenters. The van der Waals surface area contributed by atoms with E-state index in [0.717, 1.165) is 39.0 Å². The van der Waals surface area contributed by atoms with E-state index < -0.39 is 0 Å². The molecule has 19 heavy (non-hydrogen) atoms. The lowest BCUT2D eigenvalue weighted by molar-refractivity contribution is 0.0434. The normalized spacial score (nSPS) is 35.5. The minimum Gasteiger partial charge on any atom is -0.377 e. The van der Waals surface area contributed by atoms with E-state index in [1.165, 1.54) is 19.3 Å². The molecule has 0 aromatic heterocycles. The first-order valence-electron chi connectivity index (χ1n) is 7.69. The maximum Gasteiger partial charge on any atom is 0.108 e. The average molecular weight is 265 g/mol. The van der Waals surface area contributed by atoms with Gasteiger partial charge in [-0.3, -0.25) is 4.90 Å². The summed E-state index contributed by atoms with van der Waals surface area (Å²) in [4.78, 5) is 2.53. The van der Waals surface area contributed by atoms with E-state index in [2.05, 4.69) is 23.2 Å². The molecule has 1 saturated carbocycles. The average Bonchev–Trinajstić information content (AvgIpc) is 2.97. The highest BCUT2D eigenvalue weighted by molar-refractivity contribution is 5.10. The lowest BCUT2D eigenvalue weighted by Gasteiger charge is -2.41. The van der Waals surface area contributed by atoms with Crippen LogP contribution in [0, 0.1) is 11.3 Å². The van der Waals surface area contributed by atoms with E-state index in [9.17, 15) is 5.26 Å². The van der Waals surface area contributed by atoms with Crippen LogP contribution >= 0.6 is 0 Å². The number of hydrogen-bond donors (Lipinski definition) is 1. The topological polar surface area (TPSA) is 48.3 Å². The lowest BCUT2D eigenvalue weighted by atomic mass is 9.79. The van der Waals surface area contributed by atoms with Crippen LogP contribution in [0.25, 0.3) is 0 Å². The third-order valence-corrected chi connectivity index (χ3v) is 4.80. The Bertz CT molecular complexity index is 322. The van der Waals surface area contributed by atoms with Gasteiger partial charge in [-0.2, -0.15) is 5.26 Å². The summed E-state index contributed by atoms with van der Waals surface area (Å²) in [6.07, 6.45) is 7.08. The fourth-order valence-corrected chi connectivity index (χ4v) is 3.53. The molecule has 0 aromatic carbocycles. The summed E-state index contributed by atoms with van der Waals surface area (Å²) in [6, 6.07) is 3.02. The van der Waals surface area contributed by atoms with Gasteiger partial charge >= 0.3 is 0 Å². The maximum atomic E-state index is 9.44. The molecular weight excluding hydrogens is 238 g/mol. The second kappa shape index (κ2) is 6.69. The van der Waals surface area contributed by atoms with Crippen molar-refractivity contribution < 1.29 is 4.74 Å². The van der Waals surface area contributed by atoms with E-state index in [4.69, 9.17) is 4.74 Å². The molecule has 0 amide bonds. The van der Waals surface area contributed by atoms with Crippen molar-refractivity contribution in [3.05, 3.63) is 0 Å². The molecule has 4 heteroatoms. The van der Waals surface area contributed by atoms with Crippen LogP contribution in [-0.2, 0) is 4.74 Å². The number of nitrogens with one attached hydrogen (secondary N) is 1. The Morgan fingerprint density at radius 1 is 1.42 bits per heavy atom. The van der Waals surface area contributed by atoms with Gasteiger partial charge in [0, 0.05) is 19.2 Å². The Kier molecular flexibility index (Phi) is 5.20. The van der Waals surface area contributed by atoms with Crippen LogP contribution in [-0.4, -0.2) is 49.3 Å². The van der Waals surface area contributed by atoms with E-state index >= 15 is 0 Å². The summed E-state index contributed by atoms with van der Waals surface area (Å²) in [6.45, 7) is 5.23. The van der Waals surface area contributed by atoms with E-state index in [1.807, 2.05) is 7.05 Å². The van der Waals surface area contributed by atoms with Gasteiger partial charge in [0.05, 0.1) is 12.2 Å². The van der Waals surface area contributed by atoms with Crippen LogP contribution in [0.2, 0.25) is 0 Å². The van der Waals surface area contributed by atoms with Crippen LogP contribution in [0.15, 0.2) is 0 Å². The Morgan fingerprint density at radius 3 is 2.84 bits per heavy atom. The van der Waals surface area contributed by atoms with Crippen LogP contribution < -0.4 is 5.32 Å². The van der Waals surface area contributed by atoms with Crippen molar-refractivity contribution in [3.63, 3.8) is 0 Å². The highest BCUT2D eigenvalue weighted by atomic mass is 16.5. The molecule has 2 fully saturated rings. The summed E-state index contributed by atoms with van der Waals surface area (Å²) in [7, 11) is 1.92. The van der Waals surface area contributed by atoms with Gasteiger partial charge in [-0.05, 0) is 52.1 Å². The molecule has 108 valence electrons. The van der Waals surface area contributed by atoms with Crippen LogP contribution in [0.4, 0.5) is 0 Å². The molecule has 1 aliphatic carbocycles. The third-order valence-electron chi connectivity index (χ3n) is 4.80. The maximum absolute atomic E-state index is 9.44. The van der Waals surface area contributed by atoms with Gasteiger partial charge in [0.1, 0.15) is 5.54 Å². The molecule has 1 saturated heterocycles. The first kappa shape index (κ1) is 14.8. The largest absolute Gasteiger partial charge is 0.377 e. The number of hydrogen-bond acceptors (Lipinski definition) is 4. The predicted molar refractivity (Wildman–Crippen MR) is 75.9 cm³/mol. The minimum atomic E-state index is -0.313. The first-order chi connectivity index (χ1) is 9.23. The zero-order valence-electron chi connectivity index (χ0n) is 12.3. The minimum absolute atomic E-state index is 0.313. The first-order valence-corrected chi connectivity index (χ1v) is 7.69. The van der Waals surface area contributed by atoms with Crippen molar-refractivity contribution in [2.75, 3.05) is 26.7 Å². The quantitative estimate of drug-likeness (QED) is 0.825. The summed E-state index contributed by atoms with van der Waals surface area (Å²) in [5.74, 6) is 0. The summed E-state index contributed by atoms with van der Waals surface area (Å²) >= 11 is 0. The standard InChI is InChI=1S/C15H27N3O/c1-3-18(11-14-7-5-9-19-14)13-6-4-8-15(10-13,12-16)17-2/h13-14,17H,3-11H2,1-2H3. The van der Waals surface area contributed by atoms with Gasteiger partial charge in [0.25, 0.3) is 0 Å². The van der Waals surface area contributed by atoms with Crippen LogP contribution in [0.5, 0.6) is 0 Å². The van der Waals surface area contributed by atoms with Gasteiger partial charge in [-0.1, -0.05) is 6.92 Å². The lowest BCUT2D eigenvalue weighted by Crippen LogP contribution is -2.52. The third kappa shape index (κ3) is 3.47. The van der Waals surface area contributed by atoms with Gasteiger partial charge in [0.2, 0.25) is 0 Å².